The number of fused-ring (bicyclic) bond motifs is 1. The van der Waals surface area contributed by atoms with E-state index >= 15 is 0 Å². The van der Waals surface area contributed by atoms with Crippen molar-refractivity contribution in [3.8, 4) is 11.5 Å². The van der Waals surface area contributed by atoms with E-state index in [-0.39, 0.29) is 12.7 Å². The maximum atomic E-state index is 12.4. The zero-order chi connectivity index (χ0) is 18.6. The van der Waals surface area contributed by atoms with Crippen LogP contribution in [0.25, 0.3) is 0 Å². The second-order valence-electron chi connectivity index (χ2n) is 6.18. The molecule has 6 nitrogen and oxygen atoms in total. The number of aromatic nitrogens is 2. The molecule has 0 atom stereocenters. The highest BCUT2D eigenvalue weighted by Gasteiger charge is 2.13. The van der Waals surface area contributed by atoms with Crippen LogP contribution in [0.5, 0.6) is 11.5 Å². The summed E-state index contributed by atoms with van der Waals surface area (Å²) in [6, 6.07) is 13.3. The Morgan fingerprint density at radius 1 is 1.15 bits per heavy atom. The fourth-order valence-corrected chi connectivity index (χ4v) is 3.61. The molecule has 0 radical (unpaired) electrons. The SMILES string of the molecule is Cn1ccnc1SCc1ccc(C(=O)NCc2ccc3c(c2)OCO3)cc1. The van der Waals surface area contributed by atoms with Gasteiger partial charge in [-0.3, -0.25) is 4.79 Å². The number of nitrogens with zero attached hydrogens (tertiary/aromatic N) is 2. The molecule has 2 heterocycles. The fraction of sp³-hybridized carbons (Fsp3) is 0.200. The molecule has 1 aliphatic rings. The van der Waals surface area contributed by atoms with Gasteiger partial charge >= 0.3 is 0 Å². The van der Waals surface area contributed by atoms with Crippen molar-refractivity contribution < 1.29 is 14.3 Å². The topological polar surface area (TPSA) is 65.4 Å². The van der Waals surface area contributed by atoms with E-state index in [2.05, 4.69) is 10.3 Å². The Morgan fingerprint density at radius 2 is 1.93 bits per heavy atom. The zero-order valence-electron chi connectivity index (χ0n) is 14.8. The van der Waals surface area contributed by atoms with Gasteiger partial charge in [0.1, 0.15) is 0 Å². The van der Waals surface area contributed by atoms with Crippen LogP contribution in [-0.2, 0) is 19.3 Å². The molecule has 0 spiro atoms. The van der Waals surface area contributed by atoms with Crippen LogP contribution in [0, 0.1) is 0 Å². The number of carbonyl (C=O) groups is 1. The Labute approximate surface area is 161 Å². The molecule has 0 bridgehead atoms. The lowest BCUT2D eigenvalue weighted by Gasteiger charge is -2.07. The second kappa shape index (κ2) is 7.75. The number of nitrogens with one attached hydrogen (secondary N) is 1. The Kier molecular flexibility index (Phi) is 5.02. The van der Waals surface area contributed by atoms with Crippen LogP contribution in [0.4, 0.5) is 0 Å². The summed E-state index contributed by atoms with van der Waals surface area (Å²) in [6.45, 7) is 0.683. The standard InChI is InChI=1S/C20H19N3O3S/c1-23-9-8-21-20(23)27-12-14-2-5-16(6-3-14)19(24)22-11-15-4-7-17-18(10-15)26-13-25-17/h2-10H,11-13H2,1H3,(H,22,24). The van der Waals surface area contributed by atoms with Gasteiger partial charge < -0.3 is 19.4 Å². The third-order valence-corrected chi connectivity index (χ3v) is 5.38. The molecule has 1 amide bonds. The number of aryl methyl sites for hydroxylation is 1. The maximum Gasteiger partial charge on any atom is 0.251 e. The van der Waals surface area contributed by atoms with E-state index in [4.69, 9.17) is 9.47 Å². The number of ether oxygens (including phenoxy) is 2. The monoisotopic (exact) mass is 381 g/mol. The third kappa shape index (κ3) is 4.09. The van der Waals surface area contributed by atoms with Crippen LogP contribution in [0.15, 0.2) is 60.0 Å². The summed E-state index contributed by atoms with van der Waals surface area (Å²) in [7, 11) is 1.98. The third-order valence-electron chi connectivity index (χ3n) is 4.25. The van der Waals surface area contributed by atoms with Gasteiger partial charge in [0.2, 0.25) is 6.79 Å². The average Bonchev–Trinajstić information content (AvgIpc) is 3.33. The Bertz CT molecular complexity index is 953. The first kappa shape index (κ1) is 17.5. The molecule has 2 aromatic carbocycles. The lowest BCUT2D eigenvalue weighted by molar-refractivity contribution is 0.0951. The molecule has 7 heteroatoms. The molecule has 0 fully saturated rings. The van der Waals surface area contributed by atoms with Crippen molar-refractivity contribution >= 4 is 17.7 Å². The van der Waals surface area contributed by atoms with E-state index in [1.165, 1.54) is 0 Å². The smallest absolute Gasteiger partial charge is 0.251 e. The summed E-state index contributed by atoms with van der Waals surface area (Å²) in [5, 5.41) is 3.91. The lowest BCUT2D eigenvalue weighted by Crippen LogP contribution is -2.22. The average molecular weight is 381 g/mol. The van der Waals surface area contributed by atoms with Gasteiger partial charge in [0.05, 0.1) is 0 Å². The second-order valence-corrected chi connectivity index (χ2v) is 7.12. The minimum absolute atomic E-state index is 0.101. The minimum atomic E-state index is -0.101. The van der Waals surface area contributed by atoms with Gasteiger partial charge in [-0.2, -0.15) is 0 Å². The van der Waals surface area contributed by atoms with E-state index in [1.807, 2.05) is 60.3 Å². The van der Waals surface area contributed by atoms with E-state index in [9.17, 15) is 4.79 Å². The first-order valence-corrected chi connectivity index (χ1v) is 9.53. The van der Waals surface area contributed by atoms with Gasteiger partial charge in [0.25, 0.3) is 5.91 Å². The molecule has 1 aliphatic heterocycles. The summed E-state index contributed by atoms with van der Waals surface area (Å²) >= 11 is 1.67. The number of rotatable bonds is 6. The quantitative estimate of drug-likeness (QED) is 0.663. The van der Waals surface area contributed by atoms with Crippen molar-refractivity contribution in [2.45, 2.75) is 17.5 Å². The first-order valence-electron chi connectivity index (χ1n) is 8.55. The fourth-order valence-electron chi connectivity index (χ4n) is 2.73. The molecule has 27 heavy (non-hydrogen) atoms. The van der Waals surface area contributed by atoms with E-state index in [0.717, 1.165) is 33.5 Å². The zero-order valence-corrected chi connectivity index (χ0v) is 15.7. The molecule has 0 saturated heterocycles. The Balaban J connectivity index is 1.31. The van der Waals surface area contributed by atoms with Gasteiger partial charge in [-0.05, 0) is 35.4 Å². The highest BCUT2D eigenvalue weighted by atomic mass is 32.2. The van der Waals surface area contributed by atoms with Crippen molar-refractivity contribution in [3.63, 3.8) is 0 Å². The number of hydrogen-bond acceptors (Lipinski definition) is 5. The van der Waals surface area contributed by atoms with Crippen LogP contribution in [0.1, 0.15) is 21.5 Å². The van der Waals surface area contributed by atoms with Crippen LogP contribution in [0.3, 0.4) is 0 Å². The van der Waals surface area contributed by atoms with Crippen LogP contribution >= 0.6 is 11.8 Å². The Hall–Kier alpha value is -2.93. The van der Waals surface area contributed by atoms with E-state index in [1.54, 1.807) is 18.0 Å². The van der Waals surface area contributed by atoms with Gasteiger partial charge in [0, 0.05) is 37.3 Å². The van der Waals surface area contributed by atoms with Crippen molar-refractivity contribution in [1.29, 1.82) is 0 Å². The minimum Gasteiger partial charge on any atom is -0.454 e. The highest BCUT2D eigenvalue weighted by Crippen LogP contribution is 2.32. The van der Waals surface area contributed by atoms with Gasteiger partial charge in [-0.15, -0.1) is 0 Å². The molecule has 1 N–H and O–H groups in total. The van der Waals surface area contributed by atoms with Crippen molar-refractivity contribution in [1.82, 2.24) is 14.9 Å². The number of thioether (sulfide) groups is 1. The molecule has 0 aliphatic carbocycles. The van der Waals surface area contributed by atoms with Crippen LogP contribution in [0.2, 0.25) is 0 Å². The molecular weight excluding hydrogens is 362 g/mol. The summed E-state index contributed by atoms with van der Waals surface area (Å²) in [5.41, 5.74) is 2.76. The summed E-state index contributed by atoms with van der Waals surface area (Å²) in [4.78, 5) is 16.7. The van der Waals surface area contributed by atoms with Crippen LogP contribution < -0.4 is 14.8 Å². The van der Waals surface area contributed by atoms with Crippen molar-refractivity contribution in [3.05, 3.63) is 71.5 Å². The summed E-state index contributed by atoms with van der Waals surface area (Å²) in [6.07, 6.45) is 3.71. The van der Waals surface area contributed by atoms with Gasteiger partial charge in [-0.1, -0.05) is 30.0 Å². The first-order chi connectivity index (χ1) is 13.2. The van der Waals surface area contributed by atoms with Gasteiger partial charge in [-0.25, -0.2) is 4.98 Å². The normalized spacial score (nSPS) is 12.2. The molecule has 1 aromatic heterocycles. The molecule has 3 aromatic rings. The molecule has 0 saturated carbocycles. The Morgan fingerprint density at radius 3 is 2.70 bits per heavy atom. The van der Waals surface area contributed by atoms with Gasteiger partial charge in [0.15, 0.2) is 16.7 Å². The van der Waals surface area contributed by atoms with E-state index in [0.29, 0.717) is 12.1 Å². The lowest BCUT2D eigenvalue weighted by atomic mass is 10.1. The van der Waals surface area contributed by atoms with Crippen LogP contribution in [-0.4, -0.2) is 22.3 Å². The molecular formula is C20H19N3O3S. The summed E-state index contributed by atoms with van der Waals surface area (Å²) in [5.74, 6) is 2.17. The number of imidazole rings is 1. The number of amides is 1. The predicted octanol–water partition coefficient (Wildman–Crippen LogP) is 3.37. The predicted molar refractivity (Wildman–Crippen MR) is 103 cm³/mol. The highest BCUT2D eigenvalue weighted by molar-refractivity contribution is 7.98. The number of benzene rings is 2. The molecule has 0 unspecified atom stereocenters. The van der Waals surface area contributed by atoms with Crippen molar-refractivity contribution in [2.24, 2.45) is 7.05 Å². The summed E-state index contributed by atoms with van der Waals surface area (Å²) < 4.78 is 12.6. The number of carbonyl (C=O) groups excluding carboxylic acids is 1. The number of hydrogen-bond donors (Lipinski definition) is 1. The van der Waals surface area contributed by atoms with Crippen molar-refractivity contribution in [2.75, 3.05) is 6.79 Å². The van der Waals surface area contributed by atoms with E-state index < -0.39 is 0 Å². The molecule has 138 valence electrons. The largest absolute Gasteiger partial charge is 0.454 e. The molecule has 4 rings (SSSR count). The maximum absolute atomic E-state index is 12.4.